The monoisotopic (exact) mass is 480 g/mol. The van der Waals surface area contributed by atoms with Crippen LogP contribution in [0.25, 0.3) is 15.7 Å². The van der Waals surface area contributed by atoms with E-state index in [9.17, 15) is 22.4 Å². The van der Waals surface area contributed by atoms with Crippen LogP contribution in [0.3, 0.4) is 0 Å². The molecule has 34 heavy (non-hydrogen) atoms. The van der Waals surface area contributed by atoms with Crippen molar-refractivity contribution < 1.29 is 31.9 Å². The molecule has 1 aromatic heterocycles. The van der Waals surface area contributed by atoms with Crippen LogP contribution in [0.5, 0.6) is 0 Å². The summed E-state index contributed by atoms with van der Waals surface area (Å²) in [5.74, 6) is -0.321. The fourth-order valence-electron chi connectivity index (χ4n) is 4.13. The highest BCUT2D eigenvalue weighted by molar-refractivity contribution is 6.00. The normalized spacial score (nSPS) is 24.8. The summed E-state index contributed by atoms with van der Waals surface area (Å²) in [6.45, 7) is 11.2. The minimum absolute atomic E-state index is 0.0480. The van der Waals surface area contributed by atoms with Crippen molar-refractivity contribution >= 4 is 34.3 Å². The number of carbonyl (C=O) groups is 2. The van der Waals surface area contributed by atoms with Gasteiger partial charge in [-0.2, -0.15) is 13.2 Å². The lowest BCUT2D eigenvalue weighted by molar-refractivity contribution is -0.156. The highest BCUT2D eigenvalue weighted by atomic mass is 19.4. The van der Waals surface area contributed by atoms with Crippen molar-refractivity contribution in [2.24, 2.45) is 5.92 Å². The topological polar surface area (TPSA) is 75.9 Å². The maximum Gasteiger partial charge on any atom is 0.446 e. The summed E-state index contributed by atoms with van der Waals surface area (Å²) in [4.78, 5) is 31.5. The van der Waals surface area contributed by atoms with Gasteiger partial charge in [-0.25, -0.2) is 9.24 Å². The number of hydrogen-bond acceptors (Lipinski definition) is 6. The van der Waals surface area contributed by atoms with Crippen LogP contribution < -0.4 is 10.2 Å². The summed E-state index contributed by atoms with van der Waals surface area (Å²) in [7, 11) is 0. The summed E-state index contributed by atoms with van der Waals surface area (Å²) >= 11 is 0. The first-order chi connectivity index (χ1) is 16.1. The van der Waals surface area contributed by atoms with Crippen LogP contribution in [-0.2, 0) is 14.3 Å². The first-order valence-electron chi connectivity index (χ1n) is 10.7. The second-order valence-electron chi connectivity index (χ2n) is 8.22. The molecule has 4 rings (SSSR count). The third kappa shape index (κ3) is 6.27. The third-order valence-electron chi connectivity index (χ3n) is 5.66. The second-order valence-corrected chi connectivity index (χ2v) is 8.22. The molecule has 182 valence electrons. The number of anilines is 1. The number of nitrogens with zero attached hydrogens (tertiary/aromatic N) is 3. The van der Waals surface area contributed by atoms with Gasteiger partial charge in [0.2, 0.25) is 12.0 Å². The van der Waals surface area contributed by atoms with Crippen LogP contribution in [0.4, 0.5) is 28.9 Å². The third-order valence-corrected chi connectivity index (χ3v) is 5.66. The van der Waals surface area contributed by atoms with E-state index >= 15 is 0 Å². The number of fused-ring (bicyclic) bond motifs is 1. The van der Waals surface area contributed by atoms with E-state index < -0.39 is 24.7 Å². The Labute approximate surface area is 193 Å². The molecule has 1 N–H and O–H groups in total. The average Bonchev–Trinajstić information content (AvgIpc) is 3.22. The molecular weight excluding hydrogens is 456 g/mol. The highest BCUT2D eigenvalue weighted by Gasteiger charge is 2.35. The zero-order valence-electron chi connectivity index (χ0n) is 18.4. The SMILES string of the molecule is O=CC(F)(F)F.[C-]#[N+]c1ccc(N2C[C@@H](C)O[C@@H](C(=O)C[C@H]3CNC[C@H]3F)C2)c2cccnc12. The Kier molecular flexibility index (Phi) is 8.17. The molecule has 2 saturated heterocycles. The van der Waals surface area contributed by atoms with Gasteiger partial charge in [0.1, 0.15) is 12.3 Å². The molecule has 2 aliphatic heterocycles. The fraction of sp³-hybridized carbons (Fsp3) is 0.478. The molecule has 2 fully saturated rings. The van der Waals surface area contributed by atoms with Crippen molar-refractivity contribution in [1.29, 1.82) is 0 Å². The van der Waals surface area contributed by atoms with Crippen LogP contribution in [0.15, 0.2) is 30.5 Å². The minimum Gasteiger partial charge on any atom is -0.365 e. The molecule has 0 amide bonds. The molecule has 0 unspecified atom stereocenters. The van der Waals surface area contributed by atoms with Crippen molar-refractivity contribution in [3.05, 3.63) is 41.9 Å². The number of benzene rings is 1. The van der Waals surface area contributed by atoms with Crippen LogP contribution >= 0.6 is 0 Å². The summed E-state index contributed by atoms with van der Waals surface area (Å²) in [6.07, 6.45) is -5.51. The van der Waals surface area contributed by atoms with Crippen molar-refractivity contribution in [2.45, 2.75) is 37.9 Å². The van der Waals surface area contributed by atoms with Gasteiger partial charge in [-0.3, -0.25) is 14.6 Å². The van der Waals surface area contributed by atoms with Crippen molar-refractivity contribution in [1.82, 2.24) is 10.3 Å². The van der Waals surface area contributed by atoms with Gasteiger partial charge in [-0.05, 0) is 19.1 Å². The molecule has 0 spiro atoms. The zero-order chi connectivity index (χ0) is 24.9. The summed E-state index contributed by atoms with van der Waals surface area (Å²) in [5, 5.41) is 3.88. The standard InChI is InChI=1S/C21H23FN4O2.C2HF3O/c1-13-11-26(12-20(28-13)19(27)8-14-9-24-10-16(14)22)18-6-5-17(23-2)21-15(18)4-3-7-25-21;3-2(4,5)1-6/h3-7,13-14,16,20,24H,8-12H2,1H3;1H/t13-,14+,16-,20-;/m1./s1. The number of Topliss-reactive ketones (excluding diaryl/α,β-unsaturated/α-hetero) is 1. The number of carbonyl (C=O) groups excluding carboxylic acids is 2. The van der Waals surface area contributed by atoms with E-state index in [2.05, 4.69) is 20.0 Å². The van der Waals surface area contributed by atoms with Gasteiger partial charge in [-0.1, -0.05) is 12.1 Å². The molecule has 4 atom stereocenters. The number of aromatic nitrogens is 1. The predicted octanol–water partition coefficient (Wildman–Crippen LogP) is 3.64. The first kappa shape index (κ1) is 25.5. The van der Waals surface area contributed by atoms with Gasteiger partial charge in [0.05, 0.1) is 24.7 Å². The van der Waals surface area contributed by atoms with Crippen LogP contribution in [-0.4, -0.2) is 67.8 Å². The number of rotatable bonds is 4. The number of morpholine rings is 1. The lowest BCUT2D eigenvalue weighted by Gasteiger charge is -2.38. The van der Waals surface area contributed by atoms with Crippen LogP contribution in [0.1, 0.15) is 13.3 Å². The van der Waals surface area contributed by atoms with Crippen molar-refractivity contribution in [2.75, 3.05) is 31.1 Å². The molecule has 2 aliphatic rings. The van der Waals surface area contributed by atoms with E-state index in [4.69, 9.17) is 16.1 Å². The van der Waals surface area contributed by atoms with Gasteiger partial charge in [0, 0.05) is 49.2 Å². The van der Waals surface area contributed by atoms with Gasteiger partial charge in [-0.15, -0.1) is 0 Å². The van der Waals surface area contributed by atoms with E-state index in [0.717, 1.165) is 11.1 Å². The number of aldehydes is 1. The molecule has 7 nitrogen and oxygen atoms in total. The molecule has 11 heteroatoms. The number of alkyl halides is 4. The Morgan fingerprint density at radius 2 is 2.06 bits per heavy atom. The molecule has 2 aromatic rings. The van der Waals surface area contributed by atoms with E-state index in [0.29, 0.717) is 37.4 Å². The van der Waals surface area contributed by atoms with Gasteiger partial charge >= 0.3 is 6.18 Å². The Hall–Kier alpha value is -3.10. The van der Waals surface area contributed by atoms with E-state index in [1.54, 1.807) is 12.3 Å². The number of pyridine rings is 1. The fourth-order valence-corrected chi connectivity index (χ4v) is 4.13. The lowest BCUT2D eigenvalue weighted by atomic mass is 9.96. The number of hydrogen-bond donors (Lipinski definition) is 1. The summed E-state index contributed by atoms with van der Waals surface area (Å²) in [6, 6.07) is 7.48. The Bertz CT molecular complexity index is 1070. The van der Waals surface area contributed by atoms with E-state index in [1.165, 1.54) is 0 Å². The number of ketones is 1. The van der Waals surface area contributed by atoms with Crippen LogP contribution in [0, 0.1) is 12.5 Å². The molecular formula is C23H24F4N4O3. The maximum absolute atomic E-state index is 13.9. The molecule has 1 aromatic carbocycles. The summed E-state index contributed by atoms with van der Waals surface area (Å²) in [5.41, 5.74) is 2.11. The van der Waals surface area contributed by atoms with Crippen LogP contribution in [0.2, 0.25) is 0 Å². The first-order valence-corrected chi connectivity index (χ1v) is 10.7. The average molecular weight is 480 g/mol. The molecule has 0 bridgehead atoms. The van der Waals surface area contributed by atoms with E-state index in [1.807, 2.05) is 25.1 Å². The lowest BCUT2D eigenvalue weighted by Crippen LogP contribution is -2.50. The highest BCUT2D eigenvalue weighted by Crippen LogP contribution is 2.34. The van der Waals surface area contributed by atoms with Gasteiger partial charge in [0.15, 0.2) is 5.78 Å². The zero-order valence-corrected chi connectivity index (χ0v) is 18.4. The Morgan fingerprint density at radius 1 is 1.32 bits per heavy atom. The van der Waals surface area contributed by atoms with E-state index in [-0.39, 0.29) is 24.2 Å². The quantitative estimate of drug-likeness (QED) is 0.409. The van der Waals surface area contributed by atoms with Gasteiger partial charge in [0.25, 0.3) is 0 Å². The number of nitrogens with one attached hydrogen (secondary N) is 1. The van der Waals surface area contributed by atoms with Crippen molar-refractivity contribution in [3.8, 4) is 0 Å². The summed E-state index contributed by atoms with van der Waals surface area (Å²) < 4.78 is 51.0. The largest absolute Gasteiger partial charge is 0.446 e. The molecule has 0 radical (unpaired) electrons. The number of halogens is 4. The molecule has 3 heterocycles. The molecule has 0 aliphatic carbocycles. The van der Waals surface area contributed by atoms with Gasteiger partial charge < -0.3 is 15.0 Å². The maximum atomic E-state index is 13.9. The Morgan fingerprint density at radius 3 is 2.68 bits per heavy atom. The Balaban J connectivity index is 0.000000481. The number of ether oxygens (including phenoxy) is 1. The second kappa shape index (κ2) is 10.9. The van der Waals surface area contributed by atoms with Crippen molar-refractivity contribution in [3.63, 3.8) is 0 Å². The predicted molar refractivity (Wildman–Crippen MR) is 118 cm³/mol. The minimum atomic E-state index is -4.64. The molecule has 0 saturated carbocycles. The smallest absolute Gasteiger partial charge is 0.365 e.